The fourth-order valence-corrected chi connectivity index (χ4v) is 9.47. The standard InChI is InChI=1S/C55H53BN2O/c1-34-28-48-52-49(29-34)58(41-15-13-14-35(30-41)36-18-25-43-42-16-11-12-17-50(42)59-51(43)31-36)47-27-22-39(55(8,9)10)33-45(47)56(52)44-32-38(54(5,6)7)21-26-46(44)57(48)40-23-19-37(20-24-40)53(2,3)4/h11-33H,1-10H3. The Morgan fingerprint density at radius 1 is 0.424 bits per heavy atom. The van der Waals surface area contributed by atoms with E-state index in [4.69, 9.17) is 4.42 Å². The van der Waals surface area contributed by atoms with Gasteiger partial charge in [-0.25, -0.2) is 0 Å². The molecule has 8 aromatic rings. The van der Waals surface area contributed by atoms with Gasteiger partial charge in [0.1, 0.15) is 11.2 Å². The number of nitrogens with zero attached hydrogens (tertiary/aromatic N) is 2. The molecule has 3 nitrogen and oxygen atoms in total. The zero-order valence-electron chi connectivity index (χ0n) is 36.2. The van der Waals surface area contributed by atoms with E-state index in [0.717, 1.165) is 38.8 Å². The quantitative estimate of drug-likeness (QED) is 0.167. The molecular formula is C55H53BN2O. The Hall–Kier alpha value is -6.00. The van der Waals surface area contributed by atoms with Gasteiger partial charge in [-0.15, -0.1) is 0 Å². The molecule has 3 heterocycles. The largest absolute Gasteiger partial charge is 0.456 e. The Morgan fingerprint density at radius 3 is 1.58 bits per heavy atom. The van der Waals surface area contributed by atoms with Crippen molar-refractivity contribution in [2.75, 3.05) is 9.80 Å². The zero-order chi connectivity index (χ0) is 41.2. The van der Waals surface area contributed by atoms with E-state index in [1.165, 1.54) is 67.1 Å². The number of rotatable bonds is 3. The molecule has 0 N–H and O–H groups in total. The van der Waals surface area contributed by atoms with Crippen LogP contribution in [0.4, 0.5) is 34.1 Å². The lowest BCUT2D eigenvalue weighted by Gasteiger charge is -2.45. The first-order chi connectivity index (χ1) is 28.0. The van der Waals surface area contributed by atoms with Crippen LogP contribution in [0, 0.1) is 6.92 Å². The lowest BCUT2D eigenvalue weighted by atomic mass is 9.33. The van der Waals surface area contributed by atoms with E-state index in [1.54, 1.807) is 0 Å². The highest BCUT2D eigenvalue weighted by Crippen LogP contribution is 2.46. The van der Waals surface area contributed by atoms with Gasteiger partial charge < -0.3 is 14.2 Å². The van der Waals surface area contributed by atoms with Crippen molar-refractivity contribution in [1.82, 2.24) is 0 Å². The van der Waals surface area contributed by atoms with Crippen LogP contribution in [0.3, 0.4) is 0 Å². The fourth-order valence-electron chi connectivity index (χ4n) is 9.47. The molecule has 0 spiro atoms. The number of hydrogen-bond donors (Lipinski definition) is 0. The fraction of sp³-hybridized carbons (Fsp3) is 0.236. The van der Waals surface area contributed by atoms with Crippen molar-refractivity contribution in [3.05, 3.63) is 162 Å². The van der Waals surface area contributed by atoms with Crippen LogP contribution < -0.4 is 26.2 Å². The normalized spacial score (nSPS) is 13.8. The second kappa shape index (κ2) is 13.0. The van der Waals surface area contributed by atoms with Gasteiger partial charge in [0.05, 0.1) is 0 Å². The number of fused-ring (bicyclic) bond motifs is 7. The summed E-state index contributed by atoms with van der Waals surface area (Å²) in [7, 11) is 0. The van der Waals surface area contributed by atoms with Gasteiger partial charge >= 0.3 is 0 Å². The third-order valence-corrected chi connectivity index (χ3v) is 12.8. The van der Waals surface area contributed by atoms with Crippen LogP contribution in [0.1, 0.15) is 84.6 Å². The molecule has 0 aliphatic carbocycles. The minimum absolute atomic E-state index is 0.00673. The van der Waals surface area contributed by atoms with Crippen LogP contribution in [0.5, 0.6) is 0 Å². The molecule has 2 aliphatic rings. The molecule has 0 bridgehead atoms. The van der Waals surface area contributed by atoms with E-state index in [2.05, 4.69) is 212 Å². The number of hydrogen-bond acceptors (Lipinski definition) is 3. The molecule has 1 aromatic heterocycles. The molecule has 2 aliphatic heterocycles. The van der Waals surface area contributed by atoms with Crippen LogP contribution in [-0.4, -0.2) is 6.71 Å². The van der Waals surface area contributed by atoms with Gasteiger partial charge in [0.15, 0.2) is 0 Å². The number of furan rings is 1. The number of anilines is 6. The molecule has 59 heavy (non-hydrogen) atoms. The third-order valence-electron chi connectivity index (χ3n) is 12.8. The lowest BCUT2D eigenvalue weighted by Crippen LogP contribution is -2.61. The summed E-state index contributed by atoms with van der Waals surface area (Å²) in [6.07, 6.45) is 0. The van der Waals surface area contributed by atoms with Crippen LogP contribution in [0.25, 0.3) is 33.1 Å². The van der Waals surface area contributed by atoms with Crippen LogP contribution in [0.2, 0.25) is 0 Å². The van der Waals surface area contributed by atoms with Gasteiger partial charge in [-0.1, -0.05) is 135 Å². The first-order valence-corrected chi connectivity index (χ1v) is 21.2. The molecule has 10 rings (SSSR count). The average Bonchev–Trinajstić information content (AvgIpc) is 3.57. The lowest BCUT2D eigenvalue weighted by molar-refractivity contribution is 0.590. The molecular weight excluding hydrogens is 715 g/mol. The van der Waals surface area contributed by atoms with E-state index in [-0.39, 0.29) is 23.0 Å². The minimum Gasteiger partial charge on any atom is -0.456 e. The molecule has 0 atom stereocenters. The Kier molecular flexibility index (Phi) is 8.22. The molecule has 7 aromatic carbocycles. The topological polar surface area (TPSA) is 19.6 Å². The van der Waals surface area contributed by atoms with Gasteiger partial charge in [-0.05, 0) is 140 Å². The second-order valence-corrected chi connectivity index (χ2v) is 20.0. The molecule has 0 saturated carbocycles. The van der Waals surface area contributed by atoms with E-state index in [1.807, 2.05) is 6.07 Å². The third kappa shape index (κ3) is 6.10. The first-order valence-electron chi connectivity index (χ1n) is 21.2. The summed E-state index contributed by atoms with van der Waals surface area (Å²) in [5.74, 6) is 0. The van der Waals surface area contributed by atoms with Crippen LogP contribution in [0.15, 0.2) is 144 Å². The molecule has 0 fully saturated rings. The Bertz CT molecular complexity index is 2970. The summed E-state index contributed by atoms with van der Waals surface area (Å²) in [4.78, 5) is 5.07. The predicted molar refractivity (Wildman–Crippen MR) is 254 cm³/mol. The summed E-state index contributed by atoms with van der Waals surface area (Å²) in [5, 5.41) is 2.29. The van der Waals surface area contributed by atoms with E-state index in [9.17, 15) is 0 Å². The monoisotopic (exact) mass is 768 g/mol. The maximum atomic E-state index is 6.36. The van der Waals surface area contributed by atoms with Gasteiger partial charge in [0, 0.05) is 44.9 Å². The number of para-hydroxylation sites is 1. The highest BCUT2D eigenvalue weighted by Gasteiger charge is 2.44. The summed E-state index contributed by atoms with van der Waals surface area (Å²) >= 11 is 0. The van der Waals surface area contributed by atoms with Crippen molar-refractivity contribution in [3.8, 4) is 11.1 Å². The van der Waals surface area contributed by atoms with Crippen LogP contribution >= 0.6 is 0 Å². The van der Waals surface area contributed by atoms with E-state index >= 15 is 0 Å². The molecule has 0 saturated heterocycles. The summed E-state index contributed by atoms with van der Waals surface area (Å²) in [5.41, 5.74) is 20.7. The second-order valence-electron chi connectivity index (χ2n) is 20.0. The average molecular weight is 769 g/mol. The van der Waals surface area contributed by atoms with Crippen molar-refractivity contribution < 1.29 is 4.42 Å². The summed E-state index contributed by atoms with van der Waals surface area (Å²) < 4.78 is 6.36. The molecule has 4 heteroatoms. The Morgan fingerprint density at radius 2 is 0.966 bits per heavy atom. The summed E-state index contributed by atoms with van der Waals surface area (Å²) in [6.45, 7) is 23.1. The molecule has 0 amide bonds. The van der Waals surface area contributed by atoms with E-state index in [0.29, 0.717) is 0 Å². The molecule has 0 radical (unpaired) electrons. The van der Waals surface area contributed by atoms with Crippen molar-refractivity contribution in [2.24, 2.45) is 0 Å². The first kappa shape index (κ1) is 37.3. The highest BCUT2D eigenvalue weighted by atomic mass is 16.3. The van der Waals surface area contributed by atoms with Gasteiger partial charge in [0.25, 0.3) is 6.71 Å². The number of aryl methyl sites for hydroxylation is 1. The Labute approximate surface area is 350 Å². The van der Waals surface area contributed by atoms with E-state index < -0.39 is 0 Å². The molecule has 0 unspecified atom stereocenters. The Balaban J connectivity index is 1.22. The van der Waals surface area contributed by atoms with Gasteiger partial charge in [-0.3, -0.25) is 0 Å². The molecule has 292 valence electrons. The zero-order valence-corrected chi connectivity index (χ0v) is 36.2. The number of benzene rings is 7. The van der Waals surface area contributed by atoms with Gasteiger partial charge in [-0.2, -0.15) is 0 Å². The summed E-state index contributed by atoms with van der Waals surface area (Å²) in [6, 6.07) is 52.6. The van der Waals surface area contributed by atoms with Crippen molar-refractivity contribution in [1.29, 1.82) is 0 Å². The SMILES string of the molecule is Cc1cc2c3c(c1)N(c1cccc(-c4ccc5c(c4)oc4ccccc45)c1)c1ccc(C(C)(C)C)cc1B3c1cc(C(C)(C)C)ccc1N2c1ccc(C(C)(C)C)cc1. The van der Waals surface area contributed by atoms with Crippen molar-refractivity contribution in [3.63, 3.8) is 0 Å². The van der Waals surface area contributed by atoms with Crippen LogP contribution in [-0.2, 0) is 16.2 Å². The highest BCUT2D eigenvalue weighted by molar-refractivity contribution is 7.00. The maximum Gasteiger partial charge on any atom is 0.252 e. The predicted octanol–water partition coefficient (Wildman–Crippen LogP) is 13.5. The van der Waals surface area contributed by atoms with Crippen molar-refractivity contribution in [2.45, 2.75) is 85.5 Å². The van der Waals surface area contributed by atoms with Crippen molar-refractivity contribution >= 4 is 79.2 Å². The maximum absolute atomic E-state index is 6.36. The smallest absolute Gasteiger partial charge is 0.252 e. The minimum atomic E-state index is -0.0168. The van der Waals surface area contributed by atoms with Gasteiger partial charge in [0.2, 0.25) is 0 Å².